The van der Waals surface area contributed by atoms with Crippen molar-refractivity contribution in [3.63, 3.8) is 0 Å². The molecule has 0 saturated heterocycles. The highest BCUT2D eigenvalue weighted by Gasteiger charge is 2.17. The maximum Gasteiger partial charge on any atom is 0.176 e. The van der Waals surface area contributed by atoms with Crippen LogP contribution in [0.2, 0.25) is 0 Å². The van der Waals surface area contributed by atoms with Gasteiger partial charge in [0.25, 0.3) is 0 Å². The Hall–Kier alpha value is -0.460. The van der Waals surface area contributed by atoms with Gasteiger partial charge in [-0.15, -0.1) is 11.6 Å². The molecule has 0 aliphatic heterocycles. The molecule has 7 heteroatoms. The molecule has 2 nitrogen and oxygen atoms in total. The molecule has 1 rings (SSSR count). The SMILES string of the molecule is OC(CCl)CNc1cc(F)c(F)c(Br)c1F. The third kappa shape index (κ3) is 3.02. The van der Waals surface area contributed by atoms with Crippen molar-refractivity contribution in [3.8, 4) is 0 Å². The number of halogens is 5. The van der Waals surface area contributed by atoms with Crippen LogP contribution in [0, 0.1) is 17.5 Å². The normalized spacial score (nSPS) is 12.6. The molecule has 16 heavy (non-hydrogen) atoms. The van der Waals surface area contributed by atoms with Crippen LogP contribution in [0.3, 0.4) is 0 Å². The van der Waals surface area contributed by atoms with E-state index in [0.717, 1.165) is 0 Å². The Morgan fingerprint density at radius 1 is 1.38 bits per heavy atom. The summed E-state index contributed by atoms with van der Waals surface area (Å²) in [6, 6.07) is 0.677. The summed E-state index contributed by atoms with van der Waals surface area (Å²) in [5.41, 5.74) is -0.241. The highest BCUT2D eigenvalue weighted by Crippen LogP contribution is 2.28. The Balaban J connectivity index is 2.89. The van der Waals surface area contributed by atoms with Gasteiger partial charge in [0.2, 0.25) is 0 Å². The maximum atomic E-state index is 13.4. The van der Waals surface area contributed by atoms with E-state index in [1.54, 1.807) is 0 Å². The van der Waals surface area contributed by atoms with Gasteiger partial charge in [-0.1, -0.05) is 0 Å². The number of hydrogen-bond donors (Lipinski definition) is 2. The molecule has 0 aliphatic rings. The van der Waals surface area contributed by atoms with Gasteiger partial charge in [-0.05, 0) is 15.9 Å². The monoisotopic (exact) mass is 317 g/mol. The number of benzene rings is 1. The molecule has 90 valence electrons. The van der Waals surface area contributed by atoms with E-state index in [-0.39, 0.29) is 18.1 Å². The van der Waals surface area contributed by atoms with E-state index in [1.165, 1.54) is 0 Å². The number of nitrogens with one attached hydrogen (secondary N) is 1. The molecule has 0 aliphatic carbocycles. The lowest BCUT2D eigenvalue weighted by atomic mass is 10.2. The second-order valence-corrected chi connectivity index (χ2v) is 4.14. The standard InChI is InChI=1S/C9H8BrClF3NO/c10-7-8(13)5(12)1-6(9(7)14)15-3-4(16)2-11/h1,4,15-16H,2-3H2. The molecule has 0 saturated carbocycles. The van der Waals surface area contributed by atoms with E-state index in [0.29, 0.717) is 6.07 Å². The van der Waals surface area contributed by atoms with E-state index >= 15 is 0 Å². The van der Waals surface area contributed by atoms with Gasteiger partial charge in [-0.25, -0.2) is 13.2 Å². The second kappa shape index (κ2) is 5.75. The van der Waals surface area contributed by atoms with Crippen LogP contribution < -0.4 is 5.32 Å². The third-order valence-electron chi connectivity index (χ3n) is 1.81. The number of anilines is 1. The molecule has 0 amide bonds. The highest BCUT2D eigenvalue weighted by atomic mass is 79.9. The first kappa shape index (κ1) is 13.6. The Labute approximate surface area is 104 Å². The van der Waals surface area contributed by atoms with Gasteiger partial charge < -0.3 is 10.4 Å². The van der Waals surface area contributed by atoms with Crippen LogP contribution in [0.4, 0.5) is 18.9 Å². The lowest BCUT2D eigenvalue weighted by molar-refractivity contribution is 0.211. The first-order chi connectivity index (χ1) is 7.47. The van der Waals surface area contributed by atoms with Gasteiger partial charge in [-0.2, -0.15) is 0 Å². The number of alkyl halides is 1. The lowest BCUT2D eigenvalue weighted by Gasteiger charge is -2.12. The number of aliphatic hydroxyl groups is 1. The molecule has 0 radical (unpaired) electrons. The number of aliphatic hydroxyl groups excluding tert-OH is 1. The maximum absolute atomic E-state index is 13.4. The average Bonchev–Trinajstić information content (AvgIpc) is 2.28. The van der Waals surface area contributed by atoms with Crippen molar-refractivity contribution >= 4 is 33.2 Å². The van der Waals surface area contributed by atoms with E-state index < -0.39 is 28.0 Å². The fourth-order valence-corrected chi connectivity index (χ4v) is 1.50. The van der Waals surface area contributed by atoms with E-state index in [2.05, 4.69) is 21.2 Å². The summed E-state index contributed by atoms with van der Waals surface area (Å²) in [6.07, 6.45) is -0.895. The van der Waals surface area contributed by atoms with Crippen LogP contribution in [-0.2, 0) is 0 Å². The molecule has 0 bridgehead atoms. The minimum atomic E-state index is -1.29. The predicted octanol–water partition coefficient (Wildman–Crippen LogP) is 2.88. The van der Waals surface area contributed by atoms with Gasteiger partial charge in [0.05, 0.1) is 22.1 Å². The van der Waals surface area contributed by atoms with Crippen LogP contribution in [0.1, 0.15) is 0 Å². The van der Waals surface area contributed by atoms with Crippen molar-refractivity contribution in [2.75, 3.05) is 17.7 Å². The van der Waals surface area contributed by atoms with Gasteiger partial charge in [-0.3, -0.25) is 0 Å². The van der Waals surface area contributed by atoms with Crippen LogP contribution in [0.25, 0.3) is 0 Å². The van der Waals surface area contributed by atoms with Gasteiger partial charge >= 0.3 is 0 Å². The van der Waals surface area contributed by atoms with Gasteiger partial charge in [0, 0.05) is 12.6 Å². The van der Waals surface area contributed by atoms with E-state index in [4.69, 9.17) is 16.7 Å². The summed E-state index contributed by atoms with van der Waals surface area (Å²) >= 11 is 7.91. The summed E-state index contributed by atoms with van der Waals surface area (Å²) in [5.74, 6) is -3.47. The van der Waals surface area contributed by atoms with Crippen LogP contribution >= 0.6 is 27.5 Å². The molecule has 0 spiro atoms. The van der Waals surface area contributed by atoms with Crippen molar-refractivity contribution < 1.29 is 18.3 Å². The zero-order valence-electron chi connectivity index (χ0n) is 7.91. The molecular formula is C9H8BrClF3NO. The van der Waals surface area contributed by atoms with Crippen molar-refractivity contribution in [1.29, 1.82) is 0 Å². The lowest BCUT2D eigenvalue weighted by Crippen LogP contribution is -2.21. The van der Waals surface area contributed by atoms with Crippen molar-refractivity contribution in [1.82, 2.24) is 0 Å². The zero-order chi connectivity index (χ0) is 12.3. The minimum Gasteiger partial charge on any atom is -0.390 e. The number of rotatable bonds is 4. The summed E-state index contributed by atoms with van der Waals surface area (Å²) in [5, 5.41) is 11.5. The quantitative estimate of drug-likeness (QED) is 0.508. The van der Waals surface area contributed by atoms with Gasteiger partial charge in [0.15, 0.2) is 17.5 Å². The molecule has 1 aromatic rings. The Morgan fingerprint density at radius 3 is 2.56 bits per heavy atom. The second-order valence-electron chi connectivity index (χ2n) is 3.04. The van der Waals surface area contributed by atoms with E-state index in [1.807, 2.05) is 0 Å². The molecule has 2 N–H and O–H groups in total. The Bertz CT molecular complexity index is 392. The molecule has 1 aromatic carbocycles. The molecular weight excluding hydrogens is 310 g/mol. The Morgan fingerprint density at radius 2 is 2.00 bits per heavy atom. The third-order valence-corrected chi connectivity index (χ3v) is 2.86. The first-order valence-corrected chi connectivity index (χ1v) is 5.61. The van der Waals surface area contributed by atoms with Crippen molar-refractivity contribution in [2.45, 2.75) is 6.10 Å². The topological polar surface area (TPSA) is 32.3 Å². The van der Waals surface area contributed by atoms with Gasteiger partial charge in [0.1, 0.15) is 0 Å². The Kier molecular flexibility index (Phi) is 4.89. The first-order valence-electron chi connectivity index (χ1n) is 4.28. The van der Waals surface area contributed by atoms with Crippen molar-refractivity contribution in [2.24, 2.45) is 0 Å². The minimum absolute atomic E-state index is 0.0422. The largest absolute Gasteiger partial charge is 0.390 e. The molecule has 1 atom stereocenters. The predicted molar refractivity (Wildman–Crippen MR) is 59.2 cm³/mol. The summed E-state index contributed by atoms with van der Waals surface area (Å²) < 4.78 is 38.6. The highest BCUT2D eigenvalue weighted by molar-refractivity contribution is 9.10. The molecule has 0 heterocycles. The molecule has 0 aromatic heterocycles. The summed E-state index contributed by atoms with van der Waals surface area (Å²) in [4.78, 5) is 0. The summed E-state index contributed by atoms with van der Waals surface area (Å²) in [6.45, 7) is -0.0576. The van der Waals surface area contributed by atoms with Crippen LogP contribution in [0.5, 0.6) is 0 Å². The number of hydrogen-bond acceptors (Lipinski definition) is 2. The average molecular weight is 319 g/mol. The smallest absolute Gasteiger partial charge is 0.176 e. The molecule has 1 unspecified atom stereocenters. The fraction of sp³-hybridized carbons (Fsp3) is 0.333. The van der Waals surface area contributed by atoms with Crippen LogP contribution in [-0.4, -0.2) is 23.6 Å². The van der Waals surface area contributed by atoms with Crippen molar-refractivity contribution in [3.05, 3.63) is 28.0 Å². The van der Waals surface area contributed by atoms with E-state index in [9.17, 15) is 13.2 Å². The molecule has 0 fully saturated rings. The summed E-state index contributed by atoms with van der Waals surface area (Å²) in [7, 11) is 0. The van der Waals surface area contributed by atoms with Crippen LogP contribution in [0.15, 0.2) is 10.5 Å². The fourth-order valence-electron chi connectivity index (χ4n) is 0.984. The zero-order valence-corrected chi connectivity index (χ0v) is 10.2.